The van der Waals surface area contributed by atoms with E-state index in [4.69, 9.17) is 0 Å². The van der Waals surface area contributed by atoms with Crippen LogP contribution < -0.4 is 5.32 Å². The molecule has 1 amide bonds. The Bertz CT molecular complexity index is 1050. The number of aromatic nitrogens is 5. The molecule has 4 heterocycles. The molecule has 7 heteroatoms. The largest absolute Gasteiger partial charge is 0.304 e. The van der Waals surface area contributed by atoms with Crippen molar-refractivity contribution in [3.05, 3.63) is 78.1 Å². The Morgan fingerprint density at radius 2 is 2.00 bits per heavy atom. The van der Waals surface area contributed by atoms with Gasteiger partial charge < -0.3 is 5.32 Å². The molecule has 0 unspecified atom stereocenters. The summed E-state index contributed by atoms with van der Waals surface area (Å²) in [5, 5.41) is 7.26. The van der Waals surface area contributed by atoms with Gasteiger partial charge in [-0.3, -0.25) is 18.9 Å². The van der Waals surface area contributed by atoms with Crippen LogP contribution in [-0.2, 0) is 13.0 Å². The van der Waals surface area contributed by atoms with Crippen molar-refractivity contribution in [3.8, 4) is 0 Å². The number of nitrogens with one attached hydrogen (secondary N) is 1. The first kappa shape index (κ1) is 16.0. The summed E-state index contributed by atoms with van der Waals surface area (Å²) in [5.41, 5.74) is 3.33. The van der Waals surface area contributed by atoms with Crippen molar-refractivity contribution in [2.45, 2.75) is 19.9 Å². The van der Waals surface area contributed by atoms with Crippen LogP contribution in [-0.4, -0.2) is 30.1 Å². The van der Waals surface area contributed by atoms with Gasteiger partial charge in [-0.15, -0.1) is 0 Å². The Morgan fingerprint density at radius 1 is 1.15 bits per heavy atom. The number of pyridine rings is 2. The highest BCUT2D eigenvalue weighted by Crippen LogP contribution is 2.12. The number of fused-ring (bicyclic) bond motifs is 1. The standard InChI is InChI=1S/C19H18N6O/c1-2-15-13-25-16(4-3-5-18(25)21-15)19(26)22-17-8-11-24(23-17)12-14-6-9-20-10-7-14/h3-11,13H,2,12H2,1H3,(H,22,23,26). The van der Waals surface area contributed by atoms with Gasteiger partial charge in [0.1, 0.15) is 11.3 Å². The zero-order chi connectivity index (χ0) is 17.9. The van der Waals surface area contributed by atoms with Crippen LogP contribution in [0.2, 0.25) is 0 Å². The second kappa shape index (κ2) is 6.79. The second-order valence-electron chi connectivity index (χ2n) is 5.93. The number of carbonyl (C=O) groups excluding carboxylic acids is 1. The zero-order valence-electron chi connectivity index (χ0n) is 14.3. The number of aryl methyl sites for hydroxylation is 1. The molecule has 7 nitrogen and oxygen atoms in total. The van der Waals surface area contributed by atoms with Gasteiger partial charge in [-0.05, 0) is 36.2 Å². The highest BCUT2D eigenvalue weighted by atomic mass is 16.2. The van der Waals surface area contributed by atoms with Gasteiger partial charge in [-0.2, -0.15) is 5.10 Å². The fraction of sp³-hybridized carbons (Fsp3) is 0.158. The van der Waals surface area contributed by atoms with Crippen LogP contribution in [0.1, 0.15) is 28.7 Å². The third-order valence-electron chi connectivity index (χ3n) is 4.11. The first-order chi connectivity index (χ1) is 12.7. The molecule has 4 aromatic heterocycles. The molecule has 0 spiro atoms. The van der Waals surface area contributed by atoms with Gasteiger partial charge in [0.25, 0.3) is 5.91 Å². The molecule has 0 aliphatic heterocycles. The summed E-state index contributed by atoms with van der Waals surface area (Å²) in [7, 11) is 0. The predicted molar refractivity (Wildman–Crippen MR) is 98.1 cm³/mol. The summed E-state index contributed by atoms with van der Waals surface area (Å²) in [6, 6.07) is 11.1. The lowest BCUT2D eigenvalue weighted by atomic mass is 10.3. The number of nitrogens with zero attached hydrogens (tertiary/aromatic N) is 5. The molecule has 0 aliphatic rings. The lowest BCUT2D eigenvalue weighted by Gasteiger charge is -2.05. The van der Waals surface area contributed by atoms with Gasteiger partial charge in [0, 0.05) is 30.9 Å². The van der Waals surface area contributed by atoms with Crippen molar-refractivity contribution in [1.82, 2.24) is 24.1 Å². The Hall–Kier alpha value is -3.48. The van der Waals surface area contributed by atoms with Crippen LogP contribution in [0.3, 0.4) is 0 Å². The van der Waals surface area contributed by atoms with E-state index < -0.39 is 0 Å². The van der Waals surface area contributed by atoms with Crippen molar-refractivity contribution in [2.75, 3.05) is 5.32 Å². The minimum Gasteiger partial charge on any atom is -0.304 e. The molecule has 0 aromatic carbocycles. The molecule has 130 valence electrons. The maximum Gasteiger partial charge on any atom is 0.273 e. The number of anilines is 1. The lowest BCUT2D eigenvalue weighted by Crippen LogP contribution is -2.16. The summed E-state index contributed by atoms with van der Waals surface area (Å²) in [6.07, 6.45) is 8.05. The molecule has 26 heavy (non-hydrogen) atoms. The van der Waals surface area contributed by atoms with Crippen LogP contribution in [0.25, 0.3) is 5.65 Å². The van der Waals surface area contributed by atoms with Crippen LogP contribution >= 0.6 is 0 Å². The van der Waals surface area contributed by atoms with Gasteiger partial charge in [0.2, 0.25) is 0 Å². The van der Waals surface area contributed by atoms with E-state index in [9.17, 15) is 4.79 Å². The van der Waals surface area contributed by atoms with Crippen molar-refractivity contribution >= 4 is 17.4 Å². The smallest absolute Gasteiger partial charge is 0.273 e. The molecule has 4 aromatic rings. The summed E-state index contributed by atoms with van der Waals surface area (Å²) in [5.74, 6) is 0.293. The maximum absolute atomic E-state index is 12.7. The minimum atomic E-state index is -0.218. The molecular weight excluding hydrogens is 328 g/mol. The minimum absolute atomic E-state index is 0.218. The van der Waals surface area contributed by atoms with E-state index in [2.05, 4.69) is 20.4 Å². The van der Waals surface area contributed by atoms with E-state index >= 15 is 0 Å². The first-order valence-corrected chi connectivity index (χ1v) is 8.43. The first-order valence-electron chi connectivity index (χ1n) is 8.43. The molecular formula is C19H18N6O. The van der Waals surface area contributed by atoms with E-state index in [1.807, 2.05) is 48.0 Å². The quantitative estimate of drug-likeness (QED) is 0.603. The van der Waals surface area contributed by atoms with Crippen LogP contribution in [0.4, 0.5) is 5.82 Å². The fourth-order valence-corrected chi connectivity index (χ4v) is 2.79. The Balaban J connectivity index is 1.53. The van der Waals surface area contributed by atoms with E-state index in [-0.39, 0.29) is 5.91 Å². The molecule has 1 N–H and O–H groups in total. The molecule has 0 saturated carbocycles. The highest BCUT2D eigenvalue weighted by Gasteiger charge is 2.13. The van der Waals surface area contributed by atoms with Gasteiger partial charge in [-0.25, -0.2) is 4.98 Å². The average Bonchev–Trinajstić information content (AvgIpc) is 3.28. The fourth-order valence-electron chi connectivity index (χ4n) is 2.79. The number of amides is 1. The molecule has 0 saturated heterocycles. The van der Waals surface area contributed by atoms with Gasteiger partial charge in [-0.1, -0.05) is 13.0 Å². The molecule has 0 radical (unpaired) electrons. The Morgan fingerprint density at radius 3 is 2.81 bits per heavy atom. The van der Waals surface area contributed by atoms with Gasteiger partial charge in [0.15, 0.2) is 5.82 Å². The highest BCUT2D eigenvalue weighted by molar-refractivity contribution is 6.02. The SMILES string of the molecule is CCc1cn2c(C(=O)Nc3ccn(Cc4ccncc4)n3)cccc2n1. The van der Waals surface area contributed by atoms with Crippen molar-refractivity contribution < 1.29 is 4.79 Å². The Kier molecular flexibility index (Phi) is 4.18. The van der Waals surface area contributed by atoms with Crippen LogP contribution in [0, 0.1) is 0 Å². The topological polar surface area (TPSA) is 77.1 Å². The predicted octanol–water partition coefficient (Wildman–Crippen LogP) is 2.79. The lowest BCUT2D eigenvalue weighted by molar-refractivity contribution is 0.102. The van der Waals surface area contributed by atoms with Gasteiger partial charge >= 0.3 is 0 Å². The molecule has 0 bridgehead atoms. The van der Waals surface area contributed by atoms with Crippen LogP contribution in [0.15, 0.2) is 61.2 Å². The monoisotopic (exact) mass is 346 g/mol. The van der Waals surface area contributed by atoms with Crippen molar-refractivity contribution in [3.63, 3.8) is 0 Å². The van der Waals surface area contributed by atoms with E-state index in [1.165, 1.54) is 0 Å². The number of hydrogen-bond acceptors (Lipinski definition) is 4. The number of carbonyl (C=O) groups is 1. The molecule has 0 aliphatic carbocycles. The molecule has 0 fully saturated rings. The summed E-state index contributed by atoms with van der Waals surface area (Å²) in [6.45, 7) is 2.66. The zero-order valence-corrected chi connectivity index (χ0v) is 14.3. The maximum atomic E-state index is 12.7. The number of imidazole rings is 1. The summed E-state index contributed by atoms with van der Waals surface area (Å²) < 4.78 is 3.58. The second-order valence-corrected chi connectivity index (χ2v) is 5.93. The summed E-state index contributed by atoms with van der Waals surface area (Å²) >= 11 is 0. The van der Waals surface area contributed by atoms with Crippen LogP contribution in [0.5, 0.6) is 0 Å². The number of rotatable bonds is 5. The third-order valence-corrected chi connectivity index (χ3v) is 4.11. The van der Waals surface area contributed by atoms with Gasteiger partial charge in [0.05, 0.1) is 12.2 Å². The molecule has 0 atom stereocenters. The average molecular weight is 346 g/mol. The van der Waals surface area contributed by atoms with E-state index in [1.54, 1.807) is 29.2 Å². The Labute approximate surface area is 150 Å². The molecule has 4 rings (SSSR count). The van der Waals surface area contributed by atoms with Crippen molar-refractivity contribution in [2.24, 2.45) is 0 Å². The van der Waals surface area contributed by atoms with E-state index in [0.717, 1.165) is 23.3 Å². The number of hydrogen-bond donors (Lipinski definition) is 1. The third kappa shape index (κ3) is 3.19. The normalized spacial score (nSPS) is 11.0. The summed E-state index contributed by atoms with van der Waals surface area (Å²) in [4.78, 5) is 21.2. The van der Waals surface area contributed by atoms with E-state index in [0.29, 0.717) is 18.1 Å². The van der Waals surface area contributed by atoms with Crippen molar-refractivity contribution in [1.29, 1.82) is 0 Å².